The van der Waals surface area contributed by atoms with Crippen LogP contribution in [0.5, 0.6) is 0 Å². The Labute approximate surface area is 115 Å². The highest BCUT2D eigenvalue weighted by atomic mass is 15.2. The van der Waals surface area contributed by atoms with Gasteiger partial charge in [-0.05, 0) is 18.2 Å². The number of hydrogen-bond acceptors (Lipinski definition) is 1. The Balaban J connectivity index is 2.03. The number of fused-ring (bicyclic) bond motifs is 7. The van der Waals surface area contributed by atoms with Gasteiger partial charge in [-0.3, -0.25) is 4.57 Å². The summed E-state index contributed by atoms with van der Waals surface area (Å²) in [7, 11) is 2.08. The molecule has 1 aromatic carbocycles. The van der Waals surface area contributed by atoms with Crippen LogP contribution in [0, 0.1) is 0 Å². The average Bonchev–Trinajstić information content (AvgIpc) is 3.08. The van der Waals surface area contributed by atoms with E-state index in [0.717, 1.165) is 17.7 Å². The summed E-state index contributed by atoms with van der Waals surface area (Å²) in [5, 5.41) is 0. The van der Waals surface area contributed by atoms with E-state index in [0.29, 0.717) is 0 Å². The second-order valence-electron chi connectivity index (χ2n) is 5.34. The lowest BCUT2D eigenvalue weighted by Gasteiger charge is -1.92. The molecule has 0 aliphatic carbocycles. The monoisotopic (exact) mass is 261 g/mol. The van der Waals surface area contributed by atoms with E-state index in [1.54, 1.807) is 0 Å². The van der Waals surface area contributed by atoms with Crippen LogP contribution in [0.4, 0.5) is 0 Å². The van der Waals surface area contributed by atoms with Crippen LogP contribution in [0.3, 0.4) is 0 Å². The van der Waals surface area contributed by atoms with Gasteiger partial charge in [0.05, 0.1) is 5.56 Å². The van der Waals surface area contributed by atoms with Gasteiger partial charge >= 0.3 is 0 Å². The van der Waals surface area contributed by atoms with Crippen molar-refractivity contribution in [3.63, 3.8) is 0 Å². The number of pyridine rings is 1. The topological polar surface area (TPSA) is 26.1 Å². The first-order valence-electron chi connectivity index (χ1n) is 6.77. The lowest BCUT2D eigenvalue weighted by Crippen LogP contribution is -2.29. The van der Waals surface area contributed by atoms with E-state index >= 15 is 0 Å². The predicted octanol–water partition coefficient (Wildman–Crippen LogP) is 2.14. The Hall–Kier alpha value is -2.62. The third kappa shape index (κ3) is 1.04. The maximum atomic E-state index is 4.50. The zero-order chi connectivity index (χ0) is 13.3. The molecule has 1 aliphatic heterocycles. The molecule has 4 heterocycles. The van der Waals surface area contributed by atoms with Crippen molar-refractivity contribution in [2.75, 3.05) is 0 Å². The molecule has 0 amide bonds. The lowest BCUT2D eigenvalue weighted by molar-refractivity contribution is -0.670. The summed E-state index contributed by atoms with van der Waals surface area (Å²) in [5.41, 5.74) is 6.08. The first-order chi connectivity index (χ1) is 9.84. The highest BCUT2D eigenvalue weighted by molar-refractivity contribution is 5.81. The summed E-state index contributed by atoms with van der Waals surface area (Å²) in [4.78, 5) is 4.50. The molecule has 5 rings (SSSR count). The summed E-state index contributed by atoms with van der Waals surface area (Å²) < 4.78 is 6.80. The number of aromatic nitrogens is 4. The van der Waals surface area contributed by atoms with E-state index in [2.05, 4.69) is 62.1 Å². The molecule has 4 aromatic rings. The van der Waals surface area contributed by atoms with Crippen LogP contribution < -0.4 is 4.57 Å². The molecule has 3 aromatic heterocycles. The quantitative estimate of drug-likeness (QED) is 0.392. The van der Waals surface area contributed by atoms with Crippen molar-refractivity contribution in [2.45, 2.75) is 6.54 Å². The van der Waals surface area contributed by atoms with Crippen molar-refractivity contribution in [2.24, 2.45) is 7.05 Å². The molecular formula is C16H13N4+. The van der Waals surface area contributed by atoms with Gasteiger partial charge in [0.15, 0.2) is 17.4 Å². The first-order valence-corrected chi connectivity index (χ1v) is 6.77. The van der Waals surface area contributed by atoms with Crippen molar-refractivity contribution in [1.29, 1.82) is 0 Å². The molecule has 0 unspecified atom stereocenters. The molecule has 0 saturated carbocycles. The Morgan fingerprint density at radius 3 is 3.00 bits per heavy atom. The number of hydrogen-bond donors (Lipinski definition) is 0. The summed E-state index contributed by atoms with van der Waals surface area (Å²) >= 11 is 0. The van der Waals surface area contributed by atoms with E-state index in [9.17, 15) is 0 Å². The van der Waals surface area contributed by atoms with E-state index in [1.807, 2.05) is 12.3 Å². The number of benzene rings is 1. The maximum absolute atomic E-state index is 4.50. The fourth-order valence-corrected chi connectivity index (χ4v) is 3.35. The SMILES string of the molecule is Cn1c2ncccc2n2c3[n+](cc12)Cc1ccccc1-3. The van der Waals surface area contributed by atoms with Crippen LogP contribution in [0.2, 0.25) is 0 Å². The van der Waals surface area contributed by atoms with Gasteiger partial charge in [0, 0.05) is 18.8 Å². The fourth-order valence-electron chi connectivity index (χ4n) is 3.35. The number of rotatable bonds is 0. The fraction of sp³-hybridized carbons (Fsp3) is 0.125. The van der Waals surface area contributed by atoms with Gasteiger partial charge in [-0.1, -0.05) is 18.2 Å². The summed E-state index contributed by atoms with van der Waals surface area (Å²) in [5.74, 6) is 1.26. The molecule has 0 fully saturated rings. The number of aryl methyl sites for hydroxylation is 1. The standard InChI is InChI=1S/C16H13N4/c1-18-14-10-19-9-11-5-2-3-6-12(11)16(19)20(14)13-7-4-8-17-15(13)18/h2-8,10H,9H2,1H3/q+1. The van der Waals surface area contributed by atoms with Gasteiger partial charge in [0.2, 0.25) is 5.65 Å². The van der Waals surface area contributed by atoms with Crippen LogP contribution in [0.25, 0.3) is 28.2 Å². The second-order valence-corrected chi connectivity index (χ2v) is 5.34. The van der Waals surface area contributed by atoms with Crippen LogP contribution >= 0.6 is 0 Å². The van der Waals surface area contributed by atoms with Crippen LogP contribution in [0.15, 0.2) is 48.8 Å². The molecule has 96 valence electrons. The average molecular weight is 261 g/mol. The minimum atomic E-state index is 0.953. The molecule has 0 spiro atoms. The molecule has 4 heteroatoms. The van der Waals surface area contributed by atoms with E-state index < -0.39 is 0 Å². The minimum Gasteiger partial charge on any atom is -0.289 e. The zero-order valence-corrected chi connectivity index (χ0v) is 11.1. The van der Waals surface area contributed by atoms with Crippen LogP contribution in [-0.4, -0.2) is 14.0 Å². The Bertz CT molecular complexity index is 990. The number of imidazole rings is 2. The second kappa shape index (κ2) is 3.28. The molecule has 0 bridgehead atoms. The molecular weight excluding hydrogens is 248 g/mol. The van der Waals surface area contributed by atoms with E-state index in [1.165, 1.54) is 22.6 Å². The van der Waals surface area contributed by atoms with Gasteiger partial charge < -0.3 is 0 Å². The van der Waals surface area contributed by atoms with Gasteiger partial charge in [0.25, 0.3) is 5.82 Å². The first kappa shape index (κ1) is 10.2. The van der Waals surface area contributed by atoms with Crippen molar-refractivity contribution in [1.82, 2.24) is 14.0 Å². The molecule has 0 saturated heterocycles. The van der Waals surface area contributed by atoms with E-state index in [4.69, 9.17) is 0 Å². The maximum Gasteiger partial charge on any atom is 0.296 e. The van der Waals surface area contributed by atoms with Crippen molar-refractivity contribution >= 4 is 16.8 Å². The highest BCUT2D eigenvalue weighted by Crippen LogP contribution is 2.30. The van der Waals surface area contributed by atoms with Crippen LogP contribution in [-0.2, 0) is 13.6 Å². The van der Waals surface area contributed by atoms with Crippen molar-refractivity contribution in [3.8, 4) is 11.4 Å². The molecule has 20 heavy (non-hydrogen) atoms. The van der Waals surface area contributed by atoms with E-state index in [-0.39, 0.29) is 0 Å². The third-order valence-electron chi connectivity index (χ3n) is 4.25. The summed E-state index contributed by atoms with van der Waals surface area (Å²) in [6.45, 7) is 0.953. The third-order valence-corrected chi connectivity index (χ3v) is 4.25. The van der Waals surface area contributed by atoms with Gasteiger partial charge in [-0.15, -0.1) is 0 Å². The van der Waals surface area contributed by atoms with Gasteiger partial charge in [0.1, 0.15) is 6.54 Å². The van der Waals surface area contributed by atoms with Gasteiger partial charge in [-0.2, -0.15) is 4.40 Å². The smallest absolute Gasteiger partial charge is 0.289 e. The highest BCUT2D eigenvalue weighted by Gasteiger charge is 2.32. The number of nitrogens with zero attached hydrogens (tertiary/aromatic N) is 4. The molecule has 0 N–H and O–H groups in total. The normalized spacial score (nSPS) is 13.1. The zero-order valence-electron chi connectivity index (χ0n) is 11.1. The Morgan fingerprint density at radius 1 is 1.15 bits per heavy atom. The lowest BCUT2D eigenvalue weighted by atomic mass is 10.1. The van der Waals surface area contributed by atoms with Crippen molar-refractivity contribution < 1.29 is 4.57 Å². The van der Waals surface area contributed by atoms with Gasteiger partial charge in [-0.25, -0.2) is 9.55 Å². The Morgan fingerprint density at radius 2 is 2.05 bits per heavy atom. The predicted molar refractivity (Wildman–Crippen MR) is 76.4 cm³/mol. The largest absolute Gasteiger partial charge is 0.296 e. The summed E-state index contributed by atoms with van der Waals surface area (Å²) in [6, 6.07) is 12.8. The minimum absolute atomic E-state index is 0.953. The van der Waals surface area contributed by atoms with Crippen molar-refractivity contribution in [3.05, 3.63) is 54.4 Å². The molecule has 1 aliphatic rings. The van der Waals surface area contributed by atoms with Crippen LogP contribution in [0.1, 0.15) is 5.56 Å². The Kier molecular flexibility index (Phi) is 1.67. The molecule has 0 radical (unpaired) electrons. The molecule has 4 nitrogen and oxygen atoms in total. The molecule has 0 atom stereocenters. The summed E-state index contributed by atoms with van der Waals surface area (Å²) in [6.07, 6.45) is 4.07.